The van der Waals surface area contributed by atoms with Crippen molar-refractivity contribution < 1.29 is 14.3 Å². The third-order valence-corrected chi connectivity index (χ3v) is 5.32. The summed E-state index contributed by atoms with van der Waals surface area (Å²) in [6.45, 7) is 0. The molecule has 3 rings (SSSR count). The van der Waals surface area contributed by atoms with Crippen LogP contribution in [0.25, 0.3) is 0 Å². The van der Waals surface area contributed by atoms with E-state index in [1.54, 1.807) is 0 Å². The number of carbonyl (C=O) groups excluding carboxylic acids is 2. The molecule has 1 saturated heterocycles. The van der Waals surface area contributed by atoms with E-state index in [4.69, 9.17) is 4.74 Å². The number of ether oxygens (including phenoxy) is 1. The molecule has 0 saturated carbocycles. The summed E-state index contributed by atoms with van der Waals surface area (Å²) in [6.07, 6.45) is 17.2. The minimum atomic E-state index is -0.299. The summed E-state index contributed by atoms with van der Waals surface area (Å²) in [7, 11) is 0. The quantitative estimate of drug-likeness (QED) is 0.419. The van der Waals surface area contributed by atoms with E-state index < -0.39 is 0 Å². The van der Waals surface area contributed by atoms with Gasteiger partial charge in [0, 0.05) is 0 Å². The van der Waals surface area contributed by atoms with Gasteiger partial charge in [0.25, 0.3) is 0 Å². The van der Waals surface area contributed by atoms with Gasteiger partial charge in [-0.25, -0.2) is 0 Å². The van der Waals surface area contributed by atoms with Gasteiger partial charge in [-0.3, -0.25) is 9.59 Å². The Kier molecular flexibility index (Phi) is 4.57. The molecule has 0 bridgehead atoms. The van der Waals surface area contributed by atoms with Crippen LogP contribution < -0.4 is 0 Å². The Hall–Kier alpha value is -1.38. The second kappa shape index (κ2) is 6.59. The van der Waals surface area contributed by atoms with Gasteiger partial charge in [0.1, 0.15) is 0 Å². The van der Waals surface area contributed by atoms with Gasteiger partial charge in [-0.15, -0.1) is 0 Å². The molecule has 0 spiro atoms. The minimum Gasteiger partial charge on any atom is -0.393 e. The van der Waals surface area contributed by atoms with Crippen LogP contribution in [0.4, 0.5) is 0 Å². The molecule has 4 atom stereocenters. The Balaban J connectivity index is 1.83. The number of carbonyl (C=O) groups is 2. The summed E-state index contributed by atoms with van der Waals surface area (Å²) in [6, 6.07) is 0. The zero-order valence-corrected chi connectivity index (χ0v) is 12.5. The van der Waals surface area contributed by atoms with Gasteiger partial charge in [0.05, 0.1) is 11.8 Å². The summed E-state index contributed by atoms with van der Waals surface area (Å²) in [5, 5.41) is 0. The maximum atomic E-state index is 12.2. The second-order valence-electron chi connectivity index (χ2n) is 6.56. The molecule has 1 aliphatic heterocycles. The molecule has 0 aromatic heterocycles. The first-order valence-electron chi connectivity index (χ1n) is 8.33. The van der Waals surface area contributed by atoms with Crippen molar-refractivity contribution in [3.8, 4) is 0 Å². The molecular weight excluding hydrogens is 264 g/mol. The molecule has 114 valence electrons. The fourth-order valence-corrected chi connectivity index (χ4v) is 4.24. The van der Waals surface area contributed by atoms with E-state index in [1.807, 2.05) is 0 Å². The minimum absolute atomic E-state index is 0.198. The Morgan fingerprint density at radius 1 is 0.857 bits per heavy atom. The number of rotatable bonds is 1. The third kappa shape index (κ3) is 3.12. The van der Waals surface area contributed by atoms with Crippen LogP contribution in [0.2, 0.25) is 0 Å². The molecule has 0 amide bonds. The second-order valence-corrected chi connectivity index (χ2v) is 6.56. The number of hydrogen-bond acceptors (Lipinski definition) is 3. The lowest BCUT2D eigenvalue weighted by atomic mass is 9.69. The van der Waals surface area contributed by atoms with Crippen molar-refractivity contribution in [2.75, 3.05) is 0 Å². The highest BCUT2D eigenvalue weighted by Gasteiger charge is 2.49. The average Bonchev–Trinajstić information content (AvgIpc) is 2.65. The van der Waals surface area contributed by atoms with E-state index >= 15 is 0 Å². The predicted molar refractivity (Wildman–Crippen MR) is 80.3 cm³/mol. The van der Waals surface area contributed by atoms with Crippen LogP contribution in [0.1, 0.15) is 51.4 Å². The molecule has 1 fully saturated rings. The van der Waals surface area contributed by atoms with Gasteiger partial charge < -0.3 is 4.74 Å². The van der Waals surface area contributed by atoms with Crippen LogP contribution in [-0.4, -0.2) is 11.9 Å². The van der Waals surface area contributed by atoms with Gasteiger partial charge in [-0.05, 0) is 63.2 Å². The molecule has 1 heterocycles. The smallest absolute Gasteiger partial charge is 0.317 e. The Morgan fingerprint density at radius 3 is 2.52 bits per heavy atom. The van der Waals surface area contributed by atoms with E-state index in [-0.39, 0.29) is 23.8 Å². The van der Waals surface area contributed by atoms with Gasteiger partial charge in [0.2, 0.25) is 0 Å². The number of fused-ring (bicyclic) bond motifs is 1. The molecule has 2 aliphatic carbocycles. The monoisotopic (exact) mass is 288 g/mol. The fourth-order valence-electron chi connectivity index (χ4n) is 4.24. The summed E-state index contributed by atoms with van der Waals surface area (Å²) in [5.74, 6) is -0.135. The topological polar surface area (TPSA) is 43.4 Å². The molecule has 3 nitrogen and oxygen atoms in total. The first-order chi connectivity index (χ1) is 10.3. The van der Waals surface area contributed by atoms with Crippen molar-refractivity contribution in [1.29, 1.82) is 0 Å². The fraction of sp³-hybridized carbons (Fsp3) is 0.667. The number of hydrogen-bond donors (Lipinski definition) is 0. The third-order valence-electron chi connectivity index (χ3n) is 5.32. The van der Waals surface area contributed by atoms with Crippen molar-refractivity contribution in [1.82, 2.24) is 0 Å². The first-order valence-corrected chi connectivity index (χ1v) is 8.33. The predicted octanol–water partition coefficient (Wildman–Crippen LogP) is 3.80. The normalized spacial score (nSPS) is 37.1. The van der Waals surface area contributed by atoms with E-state index in [0.717, 1.165) is 32.1 Å². The summed E-state index contributed by atoms with van der Waals surface area (Å²) in [4.78, 5) is 24.2. The van der Waals surface area contributed by atoms with Crippen molar-refractivity contribution in [3.05, 3.63) is 24.3 Å². The average molecular weight is 288 g/mol. The highest BCUT2D eigenvalue weighted by molar-refractivity contribution is 5.96. The van der Waals surface area contributed by atoms with Gasteiger partial charge >= 0.3 is 11.9 Å². The maximum Gasteiger partial charge on any atom is 0.317 e. The molecule has 3 heteroatoms. The van der Waals surface area contributed by atoms with Gasteiger partial charge in [-0.1, -0.05) is 24.3 Å². The van der Waals surface area contributed by atoms with Crippen LogP contribution in [0, 0.1) is 23.7 Å². The number of allylic oxidation sites excluding steroid dienone is 4. The Morgan fingerprint density at radius 2 is 1.62 bits per heavy atom. The zero-order valence-electron chi connectivity index (χ0n) is 12.5. The standard InChI is InChI=1S/C18H24O3/c19-17-15-12-8-4-7-11-14(16(15)18(20)21-17)13-9-5-2-1-3-6-10-13/h1-2,4,8,13-16H,3,5-7,9-12H2. The van der Waals surface area contributed by atoms with Crippen LogP contribution in [0.15, 0.2) is 24.3 Å². The largest absolute Gasteiger partial charge is 0.393 e. The molecular formula is C18H24O3. The molecule has 0 radical (unpaired) electrons. The summed E-state index contributed by atoms with van der Waals surface area (Å²) >= 11 is 0. The SMILES string of the molecule is O=C1OC(=O)C2C1CC=CCCC2C1CCC=CCCC1. The van der Waals surface area contributed by atoms with Crippen molar-refractivity contribution in [2.45, 2.75) is 51.4 Å². The summed E-state index contributed by atoms with van der Waals surface area (Å²) < 4.78 is 4.97. The molecule has 0 aromatic rings. The maximum absolute atomic E-state index is 12.2. The van der Waals surface area contributed by atoms with E-state index in [0.29, 0.717) is 18.3 Å². The number of cyclic esters (lactones) is 2. The highest BCUT2D eigenvalue weighted by Crippen LogP contribution is 2.43. The van der Waals surface area contributed by atoms with Crippen LogP contribution in [0.3, 0.4) is 0 Å². The van der Waals surface area contributed by atoms with Crippen molar-refractivity contribution in [2.24, 2.45) is 23.7 Å². The molecule has 0 aromatic carbocycles. The van der Waals surface area contributed by atoms with E-state index in [2.05, 4.69) is 24.3 Å². The van der Waals surface area contributed by atoms with Gasteiger partial charge in [0.15, 0.2) is 0 Å². The lowest BCUT2D eigenvalue weighted by molar-refractivity contribution is -0.154. The van der Waals surface area contributed by atoms with Crippen molar-refractivity contribution >= 4 is 11.9 Å². The van der Waals surface area contributed by atoms with Crippen molar-refractivity contribution in [3.63, 3.8) is 0 Å². The van der Waals surface area contributed by atoms with Crippen LogP contribution in [-0.2, 0) is 14.3 Å². The summed E-state index contributed by atoms with van der Waals surface area (Å²) in [5.41, 5.74) is 0. The number of esters is 2. The molecule has 21 heavy (non-hydrogen) atoms. The highest BCUT2D eigenvalue weighted by atomic mass is 16.6. The first kappa shape index (κ1) is 14.6. The van der Waals surface area contributed by atoms with E-state index in [1.165, 1.54) is 12.8 Å². The van der Waals surface area contributed by atoms with E-state index in [9.17, 15) is 9.59 Å². The lowest BCUT2D eigenvalue weighted by Gasteiger charge is -2.33. The lowest BCUT2D eigenvalue weighted by Crippen LogP contribution is -2.32. The zero-order chi connectivity index (χ0) is 14.7. The molecule has 3 aliphatic rings. The Bertz CT molecular complexity index is 463. The Labute approximate surface area is 126 Å². The molecule has 0 N–H and O–H groups in total. The van der Waals surface area contributed by atoms with Gasteiger partial charge in [-0.2, -0.15) is 0 Å². The molecule has 4 unspecified atom stereocenters. The van der Waals surface area contributed by atoms with Crippen LogP contribution >= 0.6 is 0 Å². The van der Waals surface area contributed by atoms with Crippen LogP contribution in [0.5, 0.6) is 0 Å².